The molecule has 0 radical (unpaired) electrons. The number of hydrogen-bond donors (Lipinski definition) is 2. The highest BCUT2D eigenvalue weighted by molar-refractivity contribution is 7.89. The molecule has 1 aromatic carbocycles. The van der Waals surface area contributed by atoms with Crippen LogP contribution in [0.15, 0.2) is 23.1 Å². The Morgan fingerprint density at radius 1 is 0.938 bits per heavy atom. The summed E-state index contributed by atoms with van der Waals surface area (Å²) in [6, 6.07) is 5.64. The van der Waals surface area contributed by atoms with E-state index in [1.807, 2.05) is 6.07 Å². The molecule has 1 amide bonds. The van der Waals surface area contributed by atoms with E-state index in [2.05, 4.69) is 14.9 Å². The van der Waals surface area contributed by atoms with Crippen molar-refractivity contribution in [2.24, 2.45) is 5.92 Å². The number of fused-ring (bicyclic) bond motifs is 1. The standard InChI is InChI=1S/C25H39N3O3S/c29-25(27-23-13-16-28(17-14-23)19-20-6-2-1-3-7-20)12-15-26-32(30,31)24-11-10-21-8-4-5-9-22(21)18-24/h10-11,18,20,23,26H,1-9,12-17,19H2,(H,27,29). The molecule has 0 atom stereocenters. The van der Waals surface area contributed by atoms with E-state index in [1.165, 1.54) is 50.6 Å². The quantitative estimate of drug-likeness (QED) is 0.622. The normalized spacial score (nSPS) is 21.2. The number of aryl methyl sites for hydroxylation is 2. The number of carbonyl (C=O) groups is 1. The first-order valence-corrected chi connectivity index (χ1v) is 14.1. The van der Waals surface area contributed by atoms with Gasteiger partial charge in [-0.1, -0.05) is 25.3 Å². The summed E-state index contributed by atoms with van der Waals surface area (Å²) in [5.41, 5.74) is 2.41. The third-order valence-corrected chi connectivity index (χ3v) is 8.93. The molecule has 1 saturated carbocycles. The van der Waals surface area contributed by atoms with Gasteiger partial charge in [-0.25, -0.2) is 13.1 Å². The molecular weight excluding hydrogens is 422 g/mol. The molecule has 0 bridgehead atoms. The largest absolute Gasteiger partial charge is 0.353 e. The van der Waals surface area contributed by atoms with Crippen LogP contribution in [0.2, 0.25) is 0 Å². The molecule has 1 saturated heterocycles. The Bertz CT molecular complexity index is 872. The number of nitrogens with zero attached hydrogens (tertiary/aromatic N) is 1. The Morgan fingerprint density at radius 2 is 1.66 bits per heavy atom. The Labute approximate surface area is 193 Å². The zero-order valence-corrected chi connectivity index (χ0v) is 20.1. The topological polar surface area (TPSA) is 78.5 Å². The van der Waals surface area contributed by atoms with Crippen LogP contribution in [0, 0.1) is 5.92 Å². The zero-order valence-electron chi connectivity index (χ0n) is 19.3. The molecule has 2 fully saturated rings. The average Bonchev–Trinajstić information content (AvgIpc) is 2.80. The predicted molar refractivity (Wildman–Crippen MR) is 127 cm³/mol. The third kappa shape index (κ3) is 6.55. The van der Waals surface area contributed by atoms with Crippen LogP contribution in [0.4, 0.5) is 0 Å². The highest BCUT2D eigenvalue weighted by Crippen LogP contribution is 2.26. The van der Waals surface area contributed by atoms with Crippen molar-refractivity contribution in [1.29, 1.82) is 0 Å². The summed E-state index contributed by atoms with van der Waals surface area (Å²) in [6.45, 7) is 3.44. The van der Waals surface area contributed by atoms with Gasteiger partial charge in [-0.2, -0.15) is 0 Å². The van der Waals surface area contributed by atoms with Gasteiger partial charge in [0.05, 0.1) is 4.90 Å². The van der Waals surface area contributed by atoms with Gasteiger partial charge >= 0.3 is 0 Å². The van der Waals surface area contributed by atoms with Crippen molar-refractivity contribution >= 4 is 15.9 Å². The predicted octanol–water partition coefficient (Wildman–Crippen LogP) is 3.39. The van der Waals surface area contributed by atoms with E-state index < -0.39 is 10.0 Å². The van der Waals surface area contributed by atoms with Crippen molar-refractivity contribution in [3.63, 3.8) is 0 Å². The van der Waals surface area contributed by atoms with Crippen molar-refractivity contribution in [2.75, 3.05) is 26.2 Å². The Kier molecular flexibility index (Phi) is 8.24. The molecule has 6 nitrogen and oxygen atoms in total. The highest BCUT2D eigenvalue weighted by atomic mass is 32.2. The van der Waals surface area contributed by atoms with Gasteiger partial charge in [0.2, 0.25) is 15.9 Å². The van der Waals surface area contributed by atoms with Gasteiger partial charge in [0.1, 0.15) is 0 Å². The van der Waals surface area contributed by atoms with E-state index in [1.54, 1.807) is 12.1 Å². The number of piperidine rings is 1. The van der Waals surface area contributed by atoms with Gasteiger partial charge in [0, 0.05) is 38.6 Å². The number of likely N-dealkylation sites (tertiary alicyclic amines) is 1. The maximum Gasteiger partial charge on any atom is 0.240 e. The average molecular weight is 462 g/mol. The second kappa shape index (κ2) is 11.1. The van der Waals surface area contributed by atoms with Crippen LogP contribution in [-0.4, -0.2) is 51.4 Å². The minimum atomic E-state index is -3.58. The summed E-state index contributed by atoms with van der Waals surface area (Å²) in [5.74, 6) is 0.793. The molecule has 2 aliphatic carbocycles. The fourth-order valence-electron chi connectivity index (χ4n) is 5.55. The minimum Gasteiger partial charge on any atom is -0.353 e. The maximum atomic E-state index is 12.6. The smallest absolute Gasteiger partial charge is 0.240 e. The molecule has 32 heavy (non-hydrogen) atoms. The molecular formula is C25H39N3O3S. The zero-order chi connectivity index (χ0) is 22.4. The number of rotatable bonds is 8. The van der Waals surface area contributed by atoms with Crippen molar-refractivity contribution in [2.45, 2.75) is 88.0 Å². The van der Waals surface area contributed by atoms with Crippen LogP contribution < -0.4 is 10.0 Å². The first-order chi connectivity index (χ1) is 15.5. The van der Waals surface area contributed by atoms with Crippen molar-refractivity contribution in [1.82, 2.24) is 14.9 Å². The fraction of sp³-hybridized carbons (Fsp3) is 0.720. The number of benzene rings is 1. The summed E-state index contributed by atoms with van der Waals surface area (Å²) in [5, 5.41) is 3.11. The van der Waals surface area contributed by atoms with Crippen molar-refractivity contribution in [3.8, 4) is 0 Å². The van der Waals surface area contributed by atoms with Crippen LogP contribution >= 0.6 is 0 Å². The molecule has 4 rings (SSSR count). The molecule has 0 spiro atoms. The number of hydrogen-bond acceptors (Lipinski definition) is 4. The lowest BCUT2D eigenvalue weighted by Crippen LogP contribution is -2.46. The van der Waals surface area contributed by atoms with E-state index >= 15 is 0 Å². The summed E-state index contributed by atoms with van der Waals surface area (Å²) >= 11 is 0. The monoisotopic (exact) mass is 461 g/mol. The van der Waals surface area contributed by atoms with Gasteiger partial charge in [-0.15, -0.1) is 0 Å². The van der Waals surface area contributed by atoms with Crippen LogP contribution in [0.5, 0.6) is 0 Å². The molecule has 3 aliphatic rings. The SMILES string of the molecule is O=C(CCNS(=O)(=O)c1ccc2c(c1)CCCC2)NC1CCN(CC2CCCCC2)CC1. The van der Waals surface area contributed by atoms with E-state index in [4.69, 9.17) is 0 Å². The molecule has 2 N–H and O–H groups in total. The first kappa shape index (κ1) is 23.7. The lowest BCUT2D eigenvalue weighted by molar-refractivity contribution is -0.121. The van der Waals surface area contributed by atoms with Crippen LogP contribution in [-0.2, 0) is 27.7 Å². The molecule has 1 heterocycles. The maximum absolute atomic E-state index is 12.6. The van der Waals surface area contributed by atoms with E-state index in [-0.39, 0.29) is 24.9 Å². The number of amides is 1. The van der Waals surface area contributed by atoms with Gasteiger partial charge in [0.25, 0.3) is 0 Å². The lowest BCUT2D eigenvalue weighted by atomic mass is 9.88. The van der Waals surface area contributed by atoms with Gasteiger partial charge < -0.3 is 10.2 Å². The van der Waals surface area contributed by atoms with Crippen LogP contribution in [0.1, 0.15) is 75.3 Å². The van der Waals surface area contributed by atoms with E-state index in [9.17, 15) is 13.2 Å². The molecule has 1 aliphatic heterocycles. The summed E-state index contributed by atoms with van der Waals surface area (Å²) < 4.78 is 27.9. The van der Waals surface area contributed by atoms with Gasteiger partial charge in [-0.3, -0.25) is 4.79 Å². The van der Waals surface area contributed by atoms with Gasteiger partial charge in [0.15, 0.2) is 0 Å². The van der Waals surface area contributed by atoms with E-state index in [0.717, 1.165) is 56.7 Å². The van der Waals surface area contributed by atoms with Gasteiger partial charge in [-0.05, 0) is 80.5 Å². The number of nitrogens with one attached hydrogen (secondary N) is 2. The molecule has 178 valence electrons. The Morgan fingerprint density at radius 3 is 2.41 bits per heavy atom. The lowest BCUT2D eigenvalue weighted by Gasteiger charge is -2.35. The number of sulfonamides is 1. The minimum absolute atomic E-state index is 0.0659. The Hall–Kier alpha value is -1.44. The van der Waals surface area contributed by atoms with Crippen molar-refractivity contribution < 1.29 is 13.2 Å². The Balaban J connectivity index is 1.16. The molecule has 0 unspecified atom stereocenters. The van der Waals surface area contributed by atoms with Crippen LogP contribution in [0.25, 0.3) is 0 Å². The highest BCUT2D eigenvalue weighted by Gasteiger charge is 2.24. The summed E-state index contributed by atoms with van der Waals surface area (Å²) in [4.78, 5) is 15.2. The second-order valence-electron chi connectivity index (χ2n) is 9.93. The van der Waals surface area contributed by atoms with Crippen LogP contribution in [0.3, 0.4) is 0 Å². The molecule has 7 heteroatoms. The second-order valence-corrected chi connectivity index (χ2v) is 11.7. The third-order valence-electron chi connectivity index (χ3n) is 7.47. The summed E-state index contributed by atoms with van der Waals surface area (Å²) in [7, 11) is -3.58. The summed E-state index contributed by atoms with van der Waals surface area (Å²) in [6.07, 6.45) is 13.3. The van der Waals surface area contributed by atoms with Crippen molar-refractivity contribution in [3.05, 3.63) is 29.3 Å². The number of carbonyl (C=O) groups excluding carboxylic acids is 1. The molecule has 1 aromatic rings. The fourth-order valence-corrected chi connectivity index (χ4v) is 6.64. The van der Waals surface area contributed by atoms with E-state index in [0.29, 0.717) is 4.90 Å². The first-order valence-electron chi connectivity index (χ1n) is 12.6. The molecule has 0 aromatic heterocycles.